The van der Waals surface area contributed by atoms with Gasteiger partial charge in [-0.1, -0.05) is 12.1 Å². The molecule has 0 radical (unpaired) electrons. The Morgan fingerprint density at radius 2 is 2.05 bits per heavy atom. The Kier molecular flexibility index (Phi) is 4.24. The highest BCUT2D eigenvalue weighted by atomic mass is 16.6. The zero-order valence-corrected chi connectivity index (χ0v) is 13.2. The zero-order chi connectivity index (χ0) is 15.5. The van der Waals surface area contributed by atoms with Crippen LogP contribution in [0.4, 0.5) is 0 Å². The molecule has 2 aromatic rings. The van der Waals surface area contributed by atoms with Crippen LogP contribution < -0.4 is 14.8 Å². The topological polar surface area (TPSA) is 56.3 Å². The molecule has 0 aliphatic carbocycles. The van der Waals surface area contributed by atoms with Crippen molar-refractivity contribution in [2.24, 2.45) is 0 Å². The van der Waals surface area contributed by atoms with E-state index in [0.717, 1.165) is 28.6 Å². The summed E-state index contributed by atoms with van der Waals surface area (Å²) in [6.45, 7) is 7.29. The van der Waals surface area contributed by atoms with Crippen molar-refractivity contribution < 1.29 is 9.47 Å². The monoisotopic (exact) mass is 299 g/mol. The standard InChI is InChI=1S/C17H21N3O2/c1-11(15-9-19-13(3)20-12(15)2)18-8-14-10-21-16-6-4-5-7-17(16)22-14/h4-7,9,11,14,18H,8,10H2,1-3H3/t11-,14+/m1/s1. The second kappa shape index (κ2) is 6.32. The van der Waals surface area contributed by atoms with Crippen LogP contribution in [0.3, 0.4) is 0 Å². The highest BCUT2D eigenvalue weighted by Gasteiger charge is 2.21. The molecule has 5 nitrogen and oxygen atoms in total. The fourth-order valence-electron chi connectivity index (χ4n) is 2.60. The zero-order valence-electron chi connectivity index (χ0n) is 13.2. The average molecular weight is 299 g/mol. The van der Waals surface area contributed by atoms with E-state index in [9.17, 15) is 0 Å². The first kappa shape index (κ1) is 14.8. The maximum absolute atomic E-state index is 5.95. The normalized spacial score (nSPS) is 18.0. The highest BCUT2D eigenvalue weighted by Crippen LogP contribution is 2.30. The van der Waals surface area contributed by atoms with E-state index < -0.39 is 0 Å². The van der Waals surface area contributed by atoms with Crippen molar-refractivity contribution in [3.63, 3.8) is 0 Å². The summed E-state index contributed by atoms with van der Waals surface area (Å²) in [5.74, 6) is 2.42. The van der Waals surface area contributed by atoms with E-state index in [1.807, 2.05) is 44.3 Å². The minimum Gasteiger partial charge on any atom is -0.486 e. The number of fused-ring (bicyclic) bond motifs is 1. The van der Waals surface area contributed by atoms with Gasteiger partial charge in [-0.25, -0.2) is 9.97 Å². The van der Waals surface area contributed by atoms with Crippen LogP contribution in [0.1, 0.15) is 30.0 Å². The van der Waals surface area contributed by atoms with E-state index in [1.165, 1.54) is 0 Å². The summed E-state index contributed by atoms with van der Waals surface area (Å²) in [7, 11) is 0. The number of para-hydroxylation sites is 2. The number of benzene rings is 1. The van der Waals surface area contributed by atoms with Crippen molar-refractivity contribution in [1.29, 1.82) is 0 Å². The fourth-order valence-corrected chi connectivity index (χ4v) is 2.60. The van der Waals surface area contributed by atoms with E-state index in [4.69, 9.17) is 9.47 Å². The Morgan fingerprint density at radius 1 is 1.27 bits per heavy atom. The van der Waals surface area contributed by atoms with Crippen molar-refractivity contribution in [2.75, 3.05) is 13.2 Å². The third-order valence-electron chi connectivity index (χ3n) is 3.82. The molecule has 1 aliphatic heterocycles. The Morgan fingerprint density at radius 3 is 2.82 bits per heavy atom. The lowest BCUT2D eigenvalue weighted by Gasteiger charge is -2.28. The van der Waals surface area contributed by atoms with Crippen molar-refractivity contribution >= 4 is 0 Å². The first-order chi connectivity index (χ1) is 10.6. The number of aryl methyl sites for hydroxylation is 2. The highest BCUT2D eigenvalue weighted by molar-refractivity contribution is 5.40. The molecule has 0 saturated heterocycles. The molecule has 1 N–H and O–H groups in total. The summed E-state index contributed by atoms with van der Waals surface area (Å²) in [5.41, 5.74) is 2.13. The summed E-state index contributed by atoms with van der Waals surface area (Å²) < 4.78 is 11.7. The van der Waals surface area contributed by atoms with Crippen LogP contribution >= 0.6 is 0 Å². The van der Waals surface area contributed by atoms with E-state index >= 15 is 0 Å². The Labute approximate surface area is 130 Å². The number of hydrogen-bond donors (Lipinski definition) is 1. The van der Waals surface area contributed by atoms with Crippen LogP contribution in [-0.4, -0.2) is 29.2 Å². The van der Waals surface area contributed by atoms with Crippen molar-refractivity contribution in [1.82, 2.24) is 15.3 Å². The first-order valence-electron chi connectivity index (χ1n) is 7.55. The van der Waals surface area contributed by atoms with Crippen molar-refractivity contribution in [2.45, 2.75) is 32.9 Å². The van der Waals surface area contributed by atoms with Crippen LogP contribution in [0, 0.1) is 13.8 Å². The number of nitrogens with one attached hydrogen (secondary N) is 1. The number of nitrogens with zero attached hydrogens (tertiary/aromatic N) is 2. The van der Waals surface area contributed by atoms with Gasteiger partial charge in [0.05, 0.1) is 0 Å². The Balaban J connectivity index is 1.59. The largest absolute Gasteiger partial charge is 0.486 e. The Hall–Kier alpha value is -2.14. The lowest BCUT2D eigenvalue weighted by Crippen LogP contribution is -2.39. The van der Waals surface area contributed by atoms with Gasteiger partial charge in [-0.15, -0.1) is 0 Å². The Bertz CT molecular complexity index is 660. The maximum atomic E-state index is 5.95. The number of hydrogen-bond acceptors (Lipinski definition) is 5. The number of ether oxygens (including phenoxy) is 2. The molecule has 2 heterocycles. The molecule has 0 saturated carbocycles. The lowest BCUT2D eigenvalue weighted by molar-refractivity contribution is 0.0885. The maximum Gasteiger partial charge on any atom is 0.161 e. The molecule has 22 heavy (non-hydrogen) atoms. The molecule has 1 aromatic carbocycles. The summed E-state index contributed by atoms with van der Waals surface area (Å²) in [6.07, 6.45) is 1.90. The number of rotatable bonds is 4. The molecule has 5 heteroatoms. The van der Waals surface area contributed by atoms with Crippen molar-refractivity contribution in [3.8, 4) is 11.5 Å². The predicted octanol–water partition coefficient (Wildman–Crippen LogP) is 2.58. The van der Waals surface area contributed by atoms with Gasteiger partial charge in [0.25, 0.3) is 0 Å². The third kappa shape index (κ3) is 3.20. The lowest BCUT2D eigenvalue weighted by atomic mass is 10.1. The van der Waals surface area contributed by atoms with Crippen molar-refractivity contribution in [3.05, 3.63) is 47.5 Å². The van der Waals surface area contributed by atoms with Gasteiger partial charge in [-0.2, -0.15) is 0 Å². The third-order valence-corrected chi connectivity index (χ3v) is 3.82. The van der Waals surface area contributed by atoms with Crippen LogP contribution in [0.15, 0.2) is 30.5 Å². The first-order valence-corrected chi connectivity index (χ1v) is 7.55. The minimum atomic E-state index is 0.00372. The van der Waals surface area contributed by atoms with Crippen LogP contribution in [0.25, 0.3) is 0 Å². The molecular formula is C17H21N3O2. The van der Waals surface area contributed by atoms with E-state index in [2.05, 4.69) is 22.2 Å². The second-order valence-electron chi connectivity index (χ2n) is 5.59. The summed E-state index contributed by atoms with van der Waals surface area (Å²) in [4.78, 5) is 8.69. The van der Waals surface area contributed by atoms with Gasteiger partial charge in [0.2, 0.25) is 0 Å². The van der Waals surface area contributed by atoms with Gasteiger partial charge < -0.3 is 14.8 Å². The average Bonchev–Trinajstić information content (AvgIpc) is 2.52. The van der Waals surface area contributed by atoms with Crippen LogP contribution in [0.2, 0.25) is 0 Å². The van der Waals surface area contributed by atoms with E-state index in [0.29, 0.717) is 13.2 Å². The fraction of sp³-hybridized carbons (Fsp3) is 0.412. The molecular weight excluding hydrogens is 278 g/mol. The molecule has 116 valence electrons. The number of aromatic nitrogens is 2. The summed E-state index contributed by atoms with van der Waals surface area (Å²) in [6, 6.07) is 7.93. The van der Waals surface area contributed by atoms with Gasteiger partial charge in [-0.3, -0.25) is 0 Å². The van der Waals surface area contributed by atoms with Gasteiger partial charge >= 0.3 is 0 Å². The molecule has 0 unspecified atom stereocenters. The molecule has 2 atom stereocenters. The molecule has 1 aliphatic rings. The SMILES string of the molecule is Cc1ncc([C@@H](C)NC[C@H]2COc3ccccc3O2)c(C)n1. The molecule has 0 spiro atoms. The molecule has 0 fully saturated rings. The van der Waals surface area contributed by atoms with E-state index in [1.54, 1.807) is 0 Å². The molecule has 3 rings (SSSR count). The molecule has 0 bridgehead atoms. The molecule has 0 amide bonds. The van der Waals surface area contributed by atoms with Gasteiger partial charge in [-0.05, 0) is 32.9 Å². The smallest absolute Gasteiger partial charge is 0.161 e. The second-order valence-corrected chi connectivity index (χ2v) is 5.59. The quantitative estimate of drug-likeness (QED) is 0.940. The summed E-state index contributed by atoms with van der Waals surface area (Å²) in [5, 5.41) is 3.47. The van der Waals surface area contributed by atoms with Crippen LogP contribution in [0.5, 0.6) is 11.5 Å². The van der Waals surface area contributed by atoms with E-state index in [-0.39, 0.29) is 12.1 Å². The van der Waals surface area contributed by atoms with Crippen LogP contribution in [-0.2, 0) is 0 Å². The van der Waals surface area contributed by atoms with Gasteiger partial charge in [0.1, 0.15) is 18.5 Å². The molecule has 1 aromatic heterocycles. The van der Waals surface area contributed by atoms with Gasteiger partial charge in [0, 0.05) is 30.0 Å². The van der Waals surface area contributed by atoms with Gasteiger partial charge in [0.15, 0.2) is 11.5 Å². The predicted molar refractivity (Wildman–Crippen MR) is 84.3 cm³/mol. The minimum absolute atomic E-state index is 0.00372. The summed E-state index contributed by atoms with van der Waals surface area (Å²) >= 11 is 0.